The van der Waals surface area contributed by atoms with Crippen molar-refractivity contribution in [2.45, 2.75) is 20.8 Å². The average Bonchev–Trinajstić information content (AvgIpc) is 1.92. The fraction of sp³-hybridized carbons (Fsp3) is 0.857. The number of hydrogen-bond acceptors (Lipinski definition) is 2. The lowest BCUT2D eigenvalue weighted by molar-refractivity contribution is 0.162. The van der Waals surface area contributed by atoms with E-state index in [0.717, 1.165) is 13.2 Å². The maximum absolute atomic E-state index is 7.32. The van der Waals surface area contributed by atoms with E-state index in [4.69, 9.17) is 33.2 Å². The minimum atomic E-state index is 0.194. The van der Waals surface area contributed by atoms with Crippen LogP contribution < -0.4 is 0 Å². The summed E-state index contributed by atoms with van der Waals surface area (Å²) in [5.41, 5.74) is 0. The van der Waals surface area contributed by atoms with E-state index in [0.29, 0.717) is 0 Å². The number of nitriles is 1. The Balaban J connectivity index is -0.0000000933. The molecule has 0 aliphatic heterocycles. The first-order valence-corrected chi connectivity index (χ1v) is 4.32. The Hall–Kier alpha value is 0.0300. The maximum Gasteiger partial charge on any atom is 0.0967 e. The summed E-state index contributed by atoms with van der Waals surface area (Å²) in [7, 11) is 0. The third-order valence-electron chi connectivity index (χ3n) is 0.408. The number of hydrogen-bond donors (Lipinski definition) is 0. The third kappa shape index (κ3) is 157. The zero-order valence-electron chi connectivity index (χ0n) is 7.23. The number of halogens is 2. The summed E-state index contributed by atoms with van der Waals surface area (Å²) >= 11 is 9.53. The van der Waals surface area contributed by atoms with Crippen molar-refractivity contribution in [3.05, 3.63) is 0 Å². The molecule has 4 heteroatoms. The van der Waals surface area contributed by atoms with Gasteiger partial charge < -0.3 is 4.74 Å². The fourth-order valence-electron chi connectivity index (χ4n) is 0.204. The Morgan fingerprint density at radius 3 is 1.45 bits per heavy atom. The van der Waals surface area contributed by atoms with Crippen LogP contribution in [0.5, 0.6) is 0 Å². The molecule has 0 unspecified atom stereocenters. The minimum Gasteiger partial charge on any atom is -0.382 e. The SMILES string of the molecule is CC#N.CCOCC.ClCCl. The molecular formula is C7H15Cl2NO. The lowest BCUT2D eigenvalue weighted by Gasteiger charge is -1.86. The molecule has 0 N–H and O–H groups in total. The predicted octanol–water partition coefficient (Wildman–Crippen LogP) is 2.99. The van der Waals surface area contributed by atoms with Crippen molar-refractivity contribution in [2.24, 2.45) is 0 Å². The van der Waals surface area contributed by atoms with Gasteiger partial charge in [0.1, 0.15) is 0 Å². The molecule has 0 aromatic rings. The highest BCUT2D eigenvalue weighted by Crippen LogP contribution is 1.73. The van der Waals surface area contributed by atoms with Crippen molar-refractivity contribution in [1.82, 2.24) is 0 Å². The quantitative estimate of drug-likeness (QED) is 0.642. The van der Waals surface area contributed by atoms with Crippen LogP contribution >= 0.6 is 23.2 Å². The Labute approximate surface area is 79.1 Å². The molecule has 0 rings (SSSR count). The summed E-state index contributed by atoms with van der Waals surface area (Å²) in [5.74, 6) is 0. The van der Waals surface area contributed by atoms with Crippen LogP contribution in [0.15, 0.2) is 0 Å². The van der Waals surface area contributed by atoms with Gasteiger partial charge in [0, 0.05) is 20.1 Å². The highest BCUT2D eigenvalue weighted by molar-refractivity contribution is 6.40. The normalized spacial score (nSPS) is 6.18. The molecule has 0 saturated heterocycles. The molecule has 0 spiro atoms. The Kier molecular flexibility index (Phi) is 50.6. The first kappa shape index (κ1) is 17.2. The molecule has 0 aliphatic rings. The smallest absolute Gasteiger partial charge is 0.0967 e. The molecule has 0 aromatic carbocycles. The molecule has 0 saturated carbocycles. The Bertz CT molecular complexity index is 71.3. The summed E-state index contributed by atoms with van der Waals surface area (Å²) in [6.45, 7) is 7.10. The van der Waals surface area contributed by atoms with Gasteiger partial charge in [-0.3, -0.25) is 0 Å². The van der Waals surface area contributed by atoms with E-state index >= 15 is 0 Å². The van der Waals surface area contributed by atoms with Crippen molar-refractivity contribution in [3.8, 4) is 6.07 Å². The molecule has 0 atom stereocenters. The van der Waals surface area contributed by atoms with Crippen LogP contribution in [0.25, 0.3) is 0 Å². The third-order valence-corrected chi connectivity index (χ3v) is 0.408. The van der Waals surface area contributed by atoms with E-state index < -0.39 is 0 Å². The van der Waals surface area contributed by atoms with Crippen LogP contribution in [0.2, 0.25) is 0 Å². The summed E-state index contributed by atoms with van der Waals surface area (Å²) in [6, 6.07) is 1.75. The molecule has 68 valence electrons. The summed E-state index contributed by atoms with van der Waals surface area (Å²) < 4.78 is 4.83. The van der Waals surface area contributed by atoms with Crippen LogP contribution in [-0.2, 0) is 4.74 Å². The maximum atomic E-state index is 7.32. The topological polar surface area (TPSA) is 33.0 Å². The molecule has 2 nitrogen and oxygen atoms in total. The van der Waals surface area contributed by atoms with Gasteiger partial charge in [-0.2, -0.15) is 5.26 Å². The van der Waals surface area contributed by atoms with Crippen molar-refractivity contribution in [1.29, 1.82) is 5.26 Å². The van der Waals surface area contributed by atoms with E-state index in [-0.39, 0.29) is 5.34 Å². The number of ether oxygens (including phenoxy) is 1. The standard InChI is InChI=1S/C4H10O.C2H3N.CH2Cl2/c1-3-5-4-2;1-2-3;2-1-3/h3-4H2,1-2H3;1H3;1H2. The lowest BCUT2D eigenvalue weighted by Crippen LogP contribution is -1.84. The van der Waals surface area contributed by atoms with Crippen molar-refractivity contribution >= 4 is 23.2 Å². The zero-order chi connectivity index (χ0) is 9.54. The summed E-state index contributed by atoms with van der Waals surface area (Å²) in [4.78, 5) is 0. The van der Waals surface area contributed by atoms with Gasteiger partial charge in [-0.25, -0.2) is 0 Å². The first-order valence-electron chi connectivity index (χ1n) is 3.25. The van der Waals surface area contributed by atoms with Crippen molar-refractivity contribution in [2.75, 3.05) is 18.6 Å². The average molecular weight is 200 g/mol. The molecule has 11 heavy (non-hydrogen) atoms. The van der Waals surface area contributed by atoms with Crippen molar-refractivity contribution < 1.29 is 4.74 Å². The molecule has 0 bridgehead atoms. The number of alkyl halides is 2. The minimum absolute atomic E-state index is 0.194. The van der Waals surface area contributed by atoms with Crippen LogP contribution in [0.3, 0.4) is 0 Å². The summed E-state index contributed by atoms with van der Waals surface area (Å²) in [6.07, 6.45) is 0. The highest BCUT2D eigenvalue weighted by Gasteiger charge is 1.64. The lowest BCUT2D eigenvalue weighted by atomic mass is 10.8. The van der Waals surface area contributed by atoms with E-state index in [1.165, 1.54) is 6.92 Å². The summed E-state index contributed by atoms with van der Waals surface area (Å²) in [5, 5.41) is 7.51. The second-order valence-electron chi connectivity index (χ2n) is 1.11. The van der Waals surface area contributed by atoms with Gasteiger partial charge in [-0.05, 0) is 13.8 Å². The van der Waals surface area contributed by atoms with E-state index in [9.17, 15) is 0 Å². The van der Waals surface area contributed by atoms with Crippen LogP contribution in [0.1, 0.15) is 20.8 Å². The number of rotatable bonds is 2. The van der Waals surface area contributed by atoms with Gasteiger partial charge in [0.25, 0.3) is 0 Å². The van der Waals surface area contributed by atoms with E-state index in [2.05, 4.69) is 0 Å². The van der Waals surface area contributed by atoms with Crippen LogP contribution in [0.4, 0.5) is 0 Å². The monoisotopic (exact) mass is 199 g/mol. The van der Waals surface area contributed by atoms with Gasteiger partial charge in [-0.1, -0.05) is 0 Å². The van der Waals surface area contributed by atoms with Gasteiger partial charge in [0.2, 0.25) is 0 Å². The van der Waals surface area contributed by atoms with E-state index in [1.54, 1.807) is 6.07 Å². The zero-order valence-corrected chi connectivity index (χ0v) is 8.74. The molecule has 0 amide bonds. The second kappa shape index (κ2) is 32.3. The van der Waals surface area contributed by atoms with Crippen LogP contribution in [-0.4, -0.2) is 18.6 Å². The molecule has 0 aromatic heterocycles. The fourth-order valence-corrected chi connectivity index (χ4v) is 0.204. The second-order valence-corrected chi connectivity index (χ2v) is 1.91. The van der Waals surface area contributed by atoms with Gasteiger partial charge in [0.15, 0.2) is 0 Å². The predicted molar refractivity (Wildman–Crippen MR) is 50.0 cm³/mol. The largest absolute Gasteiger partial charge is 0.382 e. The first-order chi connectivity index (χ1) is 5.24. The number of nitrogens with zero attached hydrogens (tertiary/aromatic N) is 1. The molecule has 0 radical (unpaired) electrons. The molecule has 0 heterocycles. The Morgan fingerprint density at radius 2 is 1.45 bits per heavy atom. The molecular weight excluding hydrogens is 185 g/mol. The molecule has 0 aliphatic carbocycles. The van der Waals surface area contributed by atoms with Crippen LogP contribution in [0, 0.1) is 11.3 Å². The van der Waals surface area contributed by atoms with Gasteiger partial charge >= 0.3 is 0 Å². The van der Waals surface area contributed by atoms with Gasteiger partial charge in [-0.15, -0.1) is 23.2 Å². The highest BCUT2D eigenvalue weighted by atomic mass is 35.5. The van der Waals surface area contributed by atoms with E-state index in [1.807, 2.05) is 13.8 Å². The Morgan fingerprint density at radius 1 is 1.27 bits per heavy atom. The van der Waals surface area contributed by atoms with Crippen molar-refractivity contribution in [3.63, 3.8) is 0 Å². The van der Waals surface area contributed by atoms with Gasteiger partial charge in [0.05, 0.1) is 11.4 Å². The molecule has 0 fully saturated rings.